The first-order valence-corrected chi connectivity index (χ1v) is 11.2. The average molecular weight is 394 g/mol. The van der Waals surface area contributed by atoms with Gasteiger partial charge in [0.25, 0.3) is 0 Å². The maximum atomic E-state index is 4.89. The molecule has 0 radical (unpaired) electrons. The Labute approximate surface area is 175 Å². The lowest BCUT2D eigenvalue weighted by molar-refractivity contribution is 0.166. The molecule has 0 bridgehead atoms. The number of piperazine rings is 1. The van der Waals surface area contributed by atoms with Crippen LogP contribution in [0.1, 0.15) is 49.7 Å². The summed E-state index contributed by atoms with van der Waals surface area (Å²) in [4.78, 5) is 17.3. The number of aryl methyl sites for hydroxylation is 2. The van der Waals surface area contributed by atoms with E-state index in [9.17, 15) is 0 Å². The number of piperidine rings is 1. The van der Waals surface area contributed by atoms with E-state index in [4.69, 9.17) is 4.98 Å². The second-order valence-corrected chi connectivity index (χ2v) is 8.93. The van der Waals surface area contributed by atoms with Gasteiger partial charge in [0.05, 0.1) is 0 Å². The van der Waals surface area contributed by atoms with Crippen LogP contribution in [0.2, 0.25) is 0 Å². The van der Waals surface area contributed by atoms with Gasteiger partial charge in [0.2, 0.25) is 0 Å². The molecule has 0 aliphatic carbocycles. The van der Waals surface area contributed by atoms with Crippen LogP contribution in [0.3, 0.4) is 0 Å². The van der Waals surface area contributed by atoms with Crippen LogP contribution in [-0.2, 0) is 0 Å². The summed E-state index contributed by atoms with van der Waals surface area (Å²) in [5, 5.41) is 0. The molecule has 1 atom stereocenters. The lowest BCUT2D eigenvalue weighted by Crippen LogP contribution is -2.55. The Hall–Kier alpha value is -2.14. The third-order valence-electron chi connectivity index (χ3n) is 6.38. The van der Waals surface area contributed by atoms with Crippen LogP contribution in [0, 0.1) is 13.8 Å². The van der Waals surface area contributed by atoms with Crippen molar-refractivity contribution in [1.29, 1.82) is 0 Å². The highest BCUT2D eigenvalue weighted by atomic mass is 15.3. The zero-order chi connectivity index (χ0) is 20.4. The van der Waals surface area contributed by atoms with Crippen molar-refractivity contribution in [1.82, 2.24) is 14.9 Å². The Morgan fingerprint density at radius 1 is 0.931 bits per heavy atom. The largest absolute Gasteiger partial charge is 0.369 e. The highest BCUT2D eigenvalue weighted by molar-refractivity contribution is 5.53. The molecular weight excluding hydrogens is 358 g/mol. The SMILES string of the molecule is Cc1cc(N2CCC[C@H](N3CCN(c4ccccc4C)CC3)C2)nc(C(C)C)n1. The fraction of sp³-hybridized carbons (Fsp3) is 0.583. The average Bonchev–Trinajstić information content (AvgIpc) is 2.74. The summed E-state index contributed by atoms with van der Waals surface area (Å²) in [5.74, 6) is 2.45. The van der Waals surface area contributed by atoms with Gasteiger partial charge in [0.1, 0.15) is 11.6 Å². The van der Waals surface area contributed by atoms with E-state index >= 15 is 0 Å². The van der Waals surface area contributed by atoms with E-state index in [1.165, 1.54) is 24.1 Å². The van der Waals surface area contributed by atoms with Crippen molar-refractivity contribution in [3.05, 3.63) is 47.4 Å². The van der Waals surface area contributed by atoms with Crippen molar-refractivity contribution >= 4 is 11.5 Å². The van der Waals surface area contributed by atoms with Crippen LogP contribution < -0.4 is 9.80 Å². The smallest absolute Gasteiger partial charge is 0.133 e. The molecule has 5 nitrogen and oxygen atoms in total. The van der Waals surface area contributed by atoms with Gasteiger partial charge >= 0.3 is 0 Å². The number of anilines is 2. The zero-order valence-electron chi connectivity index (χ0n) is 18.4. The number of nitrogens with zero attached hydrogens (tertiary/aromatic N) is 5. The molecule has 2 fully saturated rings. The molecule has 2 saturated heterocycles. The predicted molar refractivity (Wildman–Crippen MR) is 121 cm³/mol. The highest BCUT2D eigenvalue weighted by Crippen LogP contribution is 2.26. The van der Waals surface area contributed by atoms with Crippen LogP contribution in [0.4, 0.5) is 11.5 Å². The predicted octanol–water partition coefficient (Wildman–Crippen LogP) is 4.01. The molecule has 2 aliphatic rings. The molecule has 1 aromatic carbocycles. The summed E-state index contributed by atoms with van der Waals surface area (Å²) < 4.78 is 0. The van der Waals surface area contributed by atoms with E-state index in [-0.39, 0.29) is 0 Å². The van der Waals surface area contributed by atoms with Crippen LogP contribution in [-0.4, -0.2) is 60.2 Å². The van der Waals surface area contributed by atoms with E-state index in [2.05, 4.69) is 77.7 Å². The number of aromatic nitrogens is 2. The van der Waals surface area contributed by atoms with Crippen molar-refractivity contribution < 1.29 is 0 Å². The van der Waals surface area contributed by atoms with Gasteiger partial charge in [-0.15, -0.1) is 0 Å². The maximum absolute atomic E-state index is 4.89. The molecular formula is C24H35N5. The van der Waals surface area contributed by atoms with Gasteiger partial charge in [-0.3, -0.25) is 4.90 Å². The summed E-state index contributed by atoms with van der Waals surface area (Å²) in [5.41, 5.74) is 3.85. The topological polar surface area (TPSA) is 35.5 Å². The summed E-state index contributed by atoms with van der Waals surface area (Å²) in [6.07, 6.45) is 2.53. The van der Waals surface area contributed by atoms with Crippen molar-refractivity contribution in [2.75, 3.05) is 49.1 Å². The van der Waals surface area contributed by atoms with Gasteiger partial charge in [-0.25, -0.2) is 9.97 Å². The molecule has 0 N–H and O–H groups in total. The Morgan fingerprint density at radius 3 is 2.41 bits per heavy atom. The highest BCUT2D eigenvalue weighted by Gasteiger charge is 2.29. The first-order valence-electron chi connectivity index (χ1n) is 11.2. The Balaban J connectivity index is 1.40. The van der Waals surface area contributed by atoms with Gasteiger partial charge in [-0.1, -0.05) is 32.0 Å². The molecule has 1 aromatic heterocycles. The van der Waals surface area contributed by atoms with Gasteiger partial charge in [-0.2, -0.15) is 0 Å². The summed E-state index contributed by atoms with van der Waals surface area (Å²) in [7, 11) is 0. The van der Waals surface area contributed by atoms with Crippen molar-refractivity contribution in [3.8, 4) is 0 Å². The molecule has 0 saturated carbocycles. The fourth-order valence-electron chi connectivity index (χ4n) is 4.70. The Bertz CT molecular complexity index is 826. The summed E-state index contributed by atoms with van der Waals surface area (Å²) >= 11 is 0. The van der Waals surface area contributed by atoms with E-state index in [0.717, 1.165) is 56.6 Å². The van der Waals surface area contributed by atoms with Gasteiger partial charge in [0.15, 0.2) is 0 Å². The standard InChI is InChI=1S/C24H35N5/c1-18(2)24-25-20(4)16-23(26-24)29-11-7-9-21(17-29)27-12-14-28(15-13-27)22-10-6-5-8-19(22)3/h5-6,8,10,16,18,21H,7,9,11-15,17H2,1-4H3/t21-/m0/s1. The Kier molecular flexibility index (Phi) is 6.04. The van der Waals surface area contributed by atoms with E-state index in [0.29, 0.717) is 12.0 Å². The first-order chi connectivity index (χ1) is 14.0. The number of hydrogen-bond acceptors (Lipinski definition) is 5. The minimum absolute atomic E-state index is 0.365. The molecule has 156 valence electrons. The van der Waals surface area contributed by atoms with Crippen LogP contribution in [0.5, 0.6) is 0 Å². The minimum atomic E-state index is 0.365. The van der Waals surface area contributed by atoms with Crippen molar-refractivity contribution in [2.24, 2.45) is 0 Å². The number of rotatable bonds is 4. The Morgan fingerprint density at radius 2 is 1.69 bits per heavy atom. The molecule has 2 aromatic rings. The monoisotopic (exact) mass is 393 g/mol. The van der Waals surface area contributed by atoms with E-state index < -0.39 is 0 Å². The third kappa shape index (κ3) is 4.55. The number of benzene rings is 1. The second-order valence-electron chi connectivity index (χ2n) is 8.93. The minimum Gasteiger partial charge on any atom is -0.369 e. The van der Waals surface area contributed by atoms with Crippen LogP contribution >= 0.6 is 0 Å². The second kappa shape index (κ2) is 8.70. The van der Waals surface area contributed by atoms with E-state index in [1.54, 1.807) is 0 Å². The fourth-order valence-corrected chi connectivity index (χ4v) is 4.70. The summed E-state index contributed by atoms with van der Waals surface area (Å²) in [6.45, 7) is 15.4. The molecule has 0 spiro atoms. The molecule has 2 aliphatic heterocycles. The first kappa shape index (κ1) is 20.1. The number of para-hydroxylation sites is 1. The molecule has 3 heterocycles. The number of hydrogen-bond donors (Lipinski definition) is 0. The molecule has 0 amide bonds. The maximum Gasteiger partial charge on any atom is 0.133 e. The lowest BCUT2D eigenvalue weighted by atomic mass is 10.0. The van der Waals surface area contributed by atoms with Crippen LogP contribution in [0.15, 0.2) is 30.3 Å². The van der Waals surface area contributed by atoms with Gasteiger partial charge in [0, 0.05) is 68.7 Å². The van der Waals surface area contributed by atoms with Crippen molar-refractivity contribution in [3.63, 3.8) is 0 Å². The quantitative estimate of drug-likeness (QED) is 0.784. The molecule has 29 heavy (non-hydrogen) atoms. The zero-order valence-corrected chi connectivity index (χ0v) is 18.4. The van der Waals surface area contributed by atoms with Gasteiger partial charge in [-0.05, 0) is 38.3 Å². The molecule has 4 rings (SSSR count). The van der Waals surface area contributed by atoms with Crippen LogP contribution in [0.25, 0.3) is 0 Å². The summed E-state index contributed by atoms with van der Waals surface area (Å²) in [6, 6.07) is 11.5. The third-order valence-corrected chi connectivity index (χ3v) is 6.38. The van der Waals surface area contributed by atoms with Crippen molar-refractivity contribution in [2.45, 2.75) is 52.5 Å². The molecule has 5 heteroatoms. The lowest BCUT2D eigenvalue weighted by Gasteiger charge is -2.44. The van der Waals surface area contributed by atoms with Gasteiger partial charge < -0.3 is 9.80 Å². The van der Waals surface area contributed by atoms with E-state index in [1.807, 2.05) is 0 Å². The molecule has 0 unspecified atom stereocenters. The normalized spacial score (nSPS) is 21.1.